The highest BCUT2D eigenvalue weighted by Gasteiger charge is 2.52. The molecule has 2 unspecified atom stereocenters. The minimum absolute atomic E-state index is 0.124. The summed E-state index contributed by atoms with van der Waals surface area (Å²) in [4.78, 5) is 39.6. The largest absolute Gasteiger partial charge is 0.490 e. The van der Waals surface area contributed by atoms with Crippen LogP contribution < -0.4 is 20.1 Å². The Balaban J connectivity index is 1.55. The van der Waals surface area contributed by atoms with Crippen molar-refractivity contribution in [2.75, 3.05) is 13.2 Å². The Kier molecular flexibility index (Phi) is 5.10. The number of carbonyl (C=O) groups is 3. The van der Waals surface area contributed by atoms with Crippen LogP contribution in [0.25, 0.3) is 0 Å². The Labute approximate surface area is 169 Å². The first-order valence-electron chi connectivity index (χ1n) is 10.3. The van der Waals surface area contributed by atoms with E-state index in [0.717, 1.165) is 37.0 Å². The van der Waals surface area contributed by atoms with Gasteiger partial charge in [-0.1, -0.05) is 18.9 Å². The van der Waals surface area contributed by atoms with Gasteiger partial charge in [0.2, 0.25) is 5.91 Å². The molecule has 2 N–H and O–H groups in total. The maximum atomic E-state index is 13.2. The molecule has 0 bridgehead atoms. The van der Waals surface area contributed by atoms with Gasteiger partial charge in [-0.25, -0.2) is 9.69 Å². The molecule has 1 aromatic rings. The van der Waals surface area contributed by atoms with Crippen molar-refractivity contribution in [3.05, 3.63) is 23.8 Å². The smallest absolute Gasteiger partial charge is 0.326 e. The van der Waals surface area contributed by atoms with Gasteiger partial charge in [-0.2, -0.15) is 0 Å². The predicted octanol–water partition coefficient (Wildman–Crippen LogP) is 2.06. The predicted molar refractivity (Wildman–Crippen MR) is 105 cm³/mol. The molecule has 2 aliphatic heterocycles. The van der Waals surface area contributed by atoms with Crippen LogP contribution in [0.5, 0.6) is 11.5 Å². The molecular formula is C21H27N3O5. The summed E-state index contributed by atoms with van der Waals surface area (Å²) in [5.74, 6) is 0.413. The molecular weight excluding hydrogens is 374 g/mol. The number of ether oxygens (including phenoxy) is 2. The van der Waals surface area contributed by atoms with E-state index in [9.17, 15) is 14.4 Å². The second-order valence-electron chi connectivity index (χ2n) is 8.11. The number of hydrogen-bond donors (Lipinski definition) is 2. The molecule has 29 heavy (non-hydrogen) atoms. The van der Waals surface area contributed by atoms with Crippen molar-refractivity contribution >= 4 is 17.8 Å². The average molecular weight is 401 g/mol. The number of urea groups is 1. The van der Waals surface area contributed by atoms with E-state index in [-0.39, 0.29) is 11.9 Å². The summed E-state index contributed by atoms with van der Waals surface area (Å²) < 4.78 is 11.4. The minimum Gasteiger partial charge on any atom is -0.490 e. The monoisotopic (exact) mass is 401 g/mol. The molecule has 2 atom stereocenters. The van der Waals surface area contributed by atoms with E-state index >= 15 is 0 Å². The molecule has 1 aromatic carbocycles. The fourth-order valence-corrected chi connectivity index (χ4v) is 4.19. The number of rotatable bonds is 4. The second kappa shape index (κ2) is 7.57. The van der Waals surface area contributed by atoms with Crippen molar-refractivity contribution in [3.8, 4) is 11.5 Å². The van der Waals surface area contributed by atoms with E-state index in [1.54, 1.807) is 32.0 Å². The van der Waals surface area contributed by atoms with E-state index in [0.29, 0.717) is 30.3 Å². The summed E-state index contributed by atoms with van der Waals surface area (Å²) in [5, 5.41) is 5.72. The third-order valence-electron chi connectivity index (χ3n) is 6.02. The number of amides is 4. The fraction of sp³-hybridized carbons (Fsp3) is 0.571. The van der Waals surface area contributed by atoms with Crippen LogP contribution in [0, 0.1) is 0 Å². The number of hydrogen-bond acceptors (Lipinski definition) is 5. The first kappa shape index (κ1) is 19.5. The number of fused-ring (bicyclic) bond motifs is 1. The number of benzene rings is 1. The summed E-state index contributed by atoms with van der Waals surface area (Å²) in [6.45, 7) is 4.33. The Hall–Kier alpha value is -2.77. The zero-order valence-electron chi connectivity index (χ0n) is 16.8. The van der Waals surface area contributed by atoms with Gasteiger partial charge in [-0.05, 0) is 44.4 Å². The Bertz CT molecular complexity index is 836. The maximum absolute atomic E-state index is 13.2. The highest BCUT2D eigenvalue weighted by molar-refractivity contribution is 6.10. The average Bonchev–Trinajstić information content (AvgIpc) is 3.19. The van der Waals surface area contributed by atoms with Crippen molar-refractivity contribution in [1.29, 1.82) is 0 Å². The molecule has 0 spiro atoms. The van der Waals surface area contributed by atoms with E-state index in [1.165, 1.54) is 0 Å². The molecule has 156 valence electrons. The number of nitrogens with zero attached hydrogens (tertiary/aromatic N) is 1. The molecule has 1 saturated heterocycles. The van der Waals surface area contributed by atoms with E-state index in [1.807, 2.05) is 0 Å². The Morgan fingerprint density at radius 2 is 1.86 bits per heavy atom. The van der Waals surface area contributed by atoms with Crippen LogP contribution in [0.2, 0.25) is 0 Å². The lowest BCUT2D eigenvalue weighted by molar-refractivity contribution is -0.138. The summed E-state index contributed by atoms with van der Waals surface area (Å²) in [7, 11) is 0. The van der Waals surface area contributed by atoms with Gasteiger partial charge in [0, 0.05) is 12.5 Å². The highest BCUT2D eigenvalue weighted by atomic mass is 16.5. The summed E-state index contributed by atoms with van der Waals surface area (Å²) in [5.41, 5.74) is -0.685. The number of imide groups is 1. The zero-order chi connectivity index (χ0) is 20.6. The maximum Gasteiger partial charge on any atom is 0.326 e. The van der Waals surface area contributed by atoms with Crippen LogP contribution in [-0.4, -0.2) is 48.0 Å². The normalized spacial score (nSPS) is 25.5. The quantitative estimate of drug-likeness (QED) is 0.753. The first-order chi connectivity index (χ1) is 13.9. The standard InChI is InChI=1S/C21H27N3O5/c1-13(18(25)22-15-6-3-4-7-15)24-19(26)21(2,23-20(24)27)14-8-9-16-17(12-14)29-11-5-10-28-16/h8-9,12-13,15H,3-7,10-11H2,1-2H3,(H,22,25)(H,23,27). The Morgan fingerprint density at radius 1 is 1.17 bits per heavy atom. The summed E-state index contributed by atoms with van der Waals surface area (Å²) >= 11 is 0. The first-order valence-corrected chi connectivity index (χ1v) is 10.3. The van der Waals surface area contributed by atoms with Gasteiger partial charge in [0.05, 0.1) is 13.2 Å². The molecule has 4 amide bonds. The summed E-state index contributed by atoms with van der Waals surface area (Å²) in [6, 6.07) is 3.90. The molecule has 2 heterocycles. The van der Waals surface area contributed by atoms with Gasteiger partial charge in [0.15, 0.2) is 11.5 Å². The van der Waals surface area contributed by atoms with Crippen molar-refractivity contribution in [1.82, 2.24) is 15.5 Å². The fourth-order valence-electron chi connectivity index (χ4n) is 4.19. The molecule has 3 aliphatic rings. The lowest BCUT2D eigenvalue weighted by atomic mass is 9.91. The van der Waals surface area contributed by atoms with Crippen LogP contribution in [0.15, 0.2) is 18.2 Å². The highest BCUT2D eigenvalue weighted by Crippen LogP contribution is 2.37. The van der Waals surface area contributed by atoms with Crippen molar-refractivity contribution < 1.29 is 23.9 Å². The van der Waals surface area contributed by atoms with E-state index in [4.69, 9.17) is 9.47 Å². The zero-order valence-corrected chi connectivity index (χ0v) is 16.8. The molecule has 8 heteroatoms. The van der Waals surface area contributed by atoms with Gasteiger partial charge in [-0.15, -0.1) is 0 Å². The van der Waals surface area contributed by atoms with E-state index in [2.05, 4.69) is 10.6 Å². The second-order valence-corrected chi connectivity index (χ2v) is 8.11. The molecule has 4 rings (SSSR count). The molecule has 0 radical (unpaired) electrons. The van der Waals surface area contributed by atoms with Crippen LogP contribution in [-0.2, 0) is 15.1 Å². The molecule has 1 aliphatic carbocycles. The van der Waals surface area contributed by atoms with Crippen LogP contribution in [0.1, 0.15) is 51.5 Å². The van der Waals surface area contributed by atoms with Gasteiger partial charge in [0.25, 0.3) is 5.91 Å². The summed E-state index contributed by atoms with van der Waals surface area (Å²) in [6.07, 6.45) is 4.83. The van der Waals surface area contributed by atoms with Crippen LogP contribution >= 0.6 is 0 Å². The number of carbonyl (C=O) groups excluding carboxylic acids is 3. The molecule has 8 nitrogen and oxygen atoms in total. The van der Waals surface area contributed by atoms with Crippen LogP contribution in [0.4, 0.5) is 4.79 Å². The van der Waals surface area contributed by atoms with E-state index < -0.39 is 23.5 Å². The Morgan fingerprint density at radius 3 is 2.59 bits per heavy atom. The third kappa shape index (κ3) is 3.52. The van der Waals surface area contributed by atoms with Crippen molar-refractivity contribution in [2.24, 2.45) is 0 Å². The number of nitrogens with one attached hydrogen (secondary N) is 2. The minimum atomic E-state index is -1.27. The van der Waals surface area contributed by atoms with Crippen molar-refractivity contribution in [2.45, 2.75) is 63.6 Å². The van der Waals surface area contributed by atoms with Gasteiger partial charge >= 0.3 is 6.03 Å². The molecule has 1 saturated carbocycles. The van der Waals surface area contributed by atoms with Crippen LogP contribution in [0.3, 0.4) is 0 Å². The van der Waals surface area contributed by atoms with Crippen molar-refractivity contribution in [3.63, 3.8) is 0 Å². The molecule has 2 fully saturated rings. The SMILES string of the molecule is CC(C(=O)NC1CCCC1)N1C(=O)NC(C)(c2ccc3c(c2)OCCCO3)C1=O. The lowest BCUT2D eigenvalue weighted by Gasteiger charge is -2.26. The third-order valence-corrected chi connectivity index (χ3v) is 6.02. The topological polar surface area (TPSA) is 97.0 Å². The molecule has 0 aromatic heterocycles. The van der Waals surface area contributed by atoms with Gasteiger partial charge < -0.3 is 20.1 Å². The lowest BCUT2D eigenvalue weighted by Crippen LogP contribution is -2.51. The van der Waals surface area contributed by atoms with Gasteiger partial charge in [-0.3, -0.25) is 9.59 Å². The van der Waals surface area contributed by atoms with Gasteiger partial charge in [0.1, 0.15) is 11.6 Å².